The number of amides is 1. The first-order chi connectivity index (χ1) is 16.4. The zero-order chi connectivity index (χ0) is 24.4. The Balaban J connectivity index is 1.89. The summed E-state index contributed by atoms with van der Waals surface area (Å²) in [4.78, 5) is 29.8. The van der Waals surface area contributed by atoms with Crippen molar-refractivity contribution in [1.29, 1.82) is 0 Å². The van der Waals surface area contributed by atoms with E-state index >= 15 is 0 Å². The van der Waals surface area contributed by atoms with Crippen molar-refractivity contribution in [2.75, 3.05) is 54.6 Å². The molecule has 1 atom stereocenters. The van der Waals surface area contributed by atoms with Gasteiger partial charge in [0.1, 0.15) is 19.0 Å². The van der Waals surface area contributed by atoms with E-state index in [9.17, 15) is 14.7 Å². The quantitative estimate of drug-likeness (QED) is 0.376. The van der Waals surface area contributed by atoms with Crippen LogP contribution in [0.25, 0.3) is 5.76 Å². The van der Waals surface area contributed by atoms with Crippen LogP contribution in [0.4, 0.5) is 0 Å². The highest BCUT2D eigenvalue weighted by Gasteiger charge is 2.47. The number of hydrogen-bond acceptors (Lipinski definition) is 8. The maximum absolute atomic E-state index is 13.3. The third-order valence-electron chi connectivity index (χ3n) is 5.87. The fourth-order valence-corrected chi connectivity index (χ4v) is 4.22. The Hall–Kier alpha value is -3.72. The highest BCUT2D eigenvalue weighted by molar-refractivity contribution is 6.46. The average Bonchev–Trinajstić information content (AvgIpc) is 3.10. The predicted octanol–water partition coefficient (Wildman–Crippen LogP) is 2.46. The molecule has 180 valence electrons. The number of aliphatic hydroxyl groups excluding tert-OH is 1. The molecular weight excluding hydrogens is 440 g/mol. The van der Waals surface area contributed by atoms with E-state index in [1.165, 1.54) is 19.1 Å². The molecule has 2 heterocycles. The Morgan fingerprint density at radius 3 is 2.50 bits per heavy atom. The first-order valence-electron chi connectivity index (χ1n) is 10.9. The maximum atomic E-state index is 13.3. The zero-order valence-corrected chi connectivity index (χ0v) is 19.7. The number of fused-ring (bicyclic) bond motifs is 1. The summed E-state index contributed by atoms with van der Waals surface area (Å²) in [5, 5.41) is 11.3. The lowest BCUT2D eigenvalue weighted by Gasteiger charge is -2.28. The molecule has 0 bridgehead atoms. The number of carbonyl (C=O) groups is 2. The van der Waals surface area contributed by atoms with E-state index in [0.717, 1.165) is 0 Å². The highest BCUT2D eigenvalue weighted by Crippen LogP contribution is 2.46. The van der Waals surface area contributed by atoms with Gasteiger partial charge in [-0.1, -0.05) is 12.1 Å². The molecular formula is C25H28N2O7. The average molecular weight is 469 g/mol. The number of hydrogen-bond donors (Lipinski definition) is 1. The van der Waals surface area contributed by atoms with Crippen molar-refractivity contribution in [3.05, 3.63) is 53.1 Å². The van der Waals surface area contributed by atoms with Crippen molar-refractivity contribution in [3.63, 3.8) is 0 Å². The number of carbonyl (C=O) groups excluding carboxylic acids is 2. The number of ketones is 1. The summed E-state index contributed by atoms with van der Waals surface area (Å²) in [5.41, 5.74) is 0.868. The van der Waals surface area contributed by atoms with Gasteiger partial charge in [0.25, 0.3) is 11.7 Å². The molecule has 2 aliphatic rings. The van der Waals surface area contributed by atoms with Crippen LogP contribution in [0.1, 0.15) is 17.2 Å². The van der Waals surface area contributed by atoms with Crippen LogP contribution in [0, 0.1) is 0 Å². The number of methoxy groups -OCH3 is 2. The summed E-state index contributed by atoms with van der Waals surface area (Å²) in [7, 11) is 6.77. The van der Waals surface area contributed by atoms with E-state index < -0.39 is 17.7 Å². The Kier molecular flexibility index (Phi) is 6.65. The van der Waals surface area contributed by atoms with Gasteiger partial charge in [-0.2, -0.15) is 0 Å². The second-order valence-electron chi connectivity index (χ2n) is 8.24. The molecule has 0 aromatic heterocycles. The summed E-state index contributed by atoms with van der Waals surface area (Å²) in [5.74, 6) is 0.125. The Bertz CT molecular complexity index is 1140. The van der Waals surface area contributed by atoms with Crippen LogP contribution >= 0.6 is 0 Å². The molecule has 0 spiro atoms. The molecule has 1 N–H and O–H groups in total. The minimum atomic E-state index is -0.863. The largest absolute Gasteiger partial charge is 0.507 e. The molecule has 0 unspecified atom stereocenters. The normalized spacial score (nSPS) is 19.0. The van der Waals surface area contributed by atoms with Gasteiger partial charge in [0.2, 0.25) is 0 Å². The zero-order valence-electron chi connectivity index (χ0n) is 19.7. The van der Waals surface area contributed by atoms with Gasteiger partial charge < -0.3 is 33.9 Å². The SMILES string of the molecule is COc1cccc([C@@H]2C(=C(O)c3ccc4c(c3)OCCO4)C(=O)C(=O)N2CCN(C)C)c1OC. The molecule has 2 aromatic carbocycles. The van der Waals surface area contributed by atoms with Crippen molar-refractivity contribution in [2.45, 2.75) is 6.04 Å². The van der Waals surface area contributed by atoms with E-state index in [1.807, 2.05) is 19.0 Å². The van der Waals surface area contributed by atoms with Gasteiger partial charge in [-0.15, -0.1) is 0 Å². The van der Waals surface area contributed by atoms with Crippen LogP contribution in [0.3, 0.4) is 0 Å². The molecule has 2 aliphatic heterocycles. The van der Waals surface area contributed by atoms with Crippen LogP contribution in [0.15, 0.2) is 42.0 Å². The number of para-hydroxylation sites is 1. The first-order valence-corrected chi connectivity index (χ1v) is 10.9. The second kappa shape index (κ2) is 9.64. The van der Waals surface area contributed by atoms with E-state index in [2.05, 4.69) is 0 Å². The minimum absolute atomic E-state index is 0.0213. The van der Waals surface area contributed by atoms with Crippen LogP contribution < -0.4 is 18.9 Å². The molecule has 1 amide bonds. The second-order valence-corrected chi connectivity index (χ2v) is 8.24. The smallest absolute Gasteiger partial charge is 0.295 e. The molecule has 4 rings (SSSR count). The van der Waals surface area contributed by atoms with Crippen molar-refractivity contribution < 1.29 is 33.6 Å². The van der Waals surface area contributed by atoms with E-state index in [0.29, 0.717) is 53.9 Å². The van der Waals surface area contributed by atoms with E-state index in [-0.39, 0.29) is 17.9 Å². The van der Waals surface area contributed by atoms with Gasteiger partial charge >= 0.3 is 0 Å². The molecule has 9 nitrogen and oxygen atoms in total. The van der Waals surface area contributed by atoms with Gasteiger partial charge in [-0.05, 0) is 38.4 Å². The number of likely N-dealkylation sites (tertiary alicyclic amines) is 1. The van der Waals surface area contributed by atoms with Gasteiger partial charge in [-0.25, -0.2) is 0 Å². The summed E-state index contributed by atoms with van der Waals surface area (Å²) in [6, 6.07) is 9.30. The lowest BCUT2D eigenvalue weighted by atomic mass is 9.94. The van der Waals surface area contributed by atoms with E-state index in [1.54, 1.807) is 36.4 Å². The van der Waals surface area contributed by atoms with Gasteiger partial charge in [0.15, 0.2) is 23.0 Å². The number of aliphatic hydroxyl groups is 1. The van der Waals surface area contributed by atoms with Crippen LogP contribution in [-0.4, -0.2) is 81.2 Å². The summed E-state index contributed by atoms with van der Waals surface area (Å²) < 4.78 is 22.2. The van der Waals surface area contributed by atoms with Gasteiger partial charge in [0, 0.05) is 24.2 Å². The Morgan fingerprint density at radius 1 is 1.09 bits per heavy atom. The van der Waals surface area contributed by atoms with Crippen molar-refractivity contribution in [2.24, 2.45) is 0 Å². The molecule has 34 heavy (non-hydrogen) atoms. The number of ether oxygens (including phenoxy) is 4. The summed E-state index contributed by atoms with van der Waals surface area (Å²) in [6.07, 6.45) is 0. The lowest BCUT2D eigenvalue weighted by Crippen LogP contribution is -2.35. The summed E-state index contributed by atoms with van der Waals surface area (Å²) >= 11 is 0. The predicted molar refractivity (Wildman–Crippen MR) is 125 cm³/mol. The third-order valence-corrected chi connectivity index (χ3v) is 5.87. The Morgan fingerprint density at radius 2 is 1.82 bits per heavy atom. The first kappa shape index (κ1) is 23.4. The fourth-order valence-electron chi connectivity index (χ4n) is 4.22. The fraction of sp³-hybridized carbons (Fsp3) is 0.360. The maximum Gasteiger partial charge on any atom is 0.295 e. The topological polar surface area (TPSA) is 97.8 Å². The lowest BCUT2D eigenvalue weighted by molar-refractivity contribution is -0.140. The Labute approximate surface area is 198 Å². The number of nitrogens with zero attached hydrogens (tertiary/aromatic N) is 2. The standard InChI is InChI=1S/C25H28N2O7/c1-26(2)10-11-27-21(16-6-5-7-18(31-3)24(16)32-4)20(23(29)25(27)30)22(28)15-8-9-17-19(14-15)34-13-12-33-17/h5-9,14,21,28H,10-13H2,1-4H3/t21-/m1/s1. The molecule has 1 fully saturated rings. The molecule has 9 heteroatoms. The van der Waals surface area contributed by atoms with Crippen LogP contribution in [-0.2, 0) is 9.59 Å². The third kappa shape index (κ3) is 4.14. The highest BCUT2D eigenvalue weighted by atomic mass is 16.6. The van der Waals surface area contributed by atoms with Crippen molar-refractivity contribution in [1.82, 2.24) is 9.80 Å². The van der Waals surface area contributed by atoms with Gasteiger partial charge in [0.05, 0.1) is 25.8 Å². The monoisotopic (exact) mass is 468 g/mol. The van der Waals surface area contributed by atoms with Crippen molar-refractivity contribution in [3.8, 4) is 23.0 Å². The minimum Gasteiger partial charge on any atom is -0.507 e. The molecule has 0 radical (unpaired) electrons. The molecule has 1 saturated heterocycles. The summed E-state index contributed by atoms with van der Waals surface area (Å²) in [6.45, 7) is 1.62. The van der Waals surface area contributed by atoms with Crippen LogP contribution in [0.2, 0.25) is 0 Å². The molecule has 0 aliphatic carbocycles. The van der Waals surface area contributed by atoms with Crippen molar-refractivity contribution >= 4 is 17.4 Å². The number of Topliss-reactive ketones (excluding diaryl/α,β-unsaturated/α-hetero) is 1. The van der Waals surface area contributed by atoms with Gasteiger partial charge in [-0.3, -0.25) is 9.59 Å². The number of rotatable bonds is 7. The number of benzene rings is 2. The molecule has 0 saturated carbocycles. The number of likely N-dealkylation sites (N-methyl/N-ethyl adjacent to an activating group) is 1. The van der Waals surface area contributed by atoms with E-state index in [4.69, 9.17) is 18.9 Å². The van der Waals surface area contributed by atoms with Crippen LogP contribution in [0.5, 0.6) is 23.0 Å². The molecule has 2 aromatic rings.